The van der Waals surface area contributed by atoms with E-state index >= 15 is 0 Å². The van der Waals surface area contributed by atoms with Crippen molar-refractivity contribution in [3.8, 4) is 5.75 Å². The summed E-state index contributed by atoms with van der Waals surface area (Å²) in [7, 11) is 0. The summed E-state index contributed by atoms with van der Waals surface area (Å²) in [6.07, 6.45) is 1.81. The van der Waals surface area contributed by atoms with Crippen LogP contribution in [0.2, 0.25) is 5.02 Å². The van der Waals surface area contributed by atoms with E-state index in [4.69, 9.17) is 16.3 Å². The Bertz CT molecular complexity index is 453. The van der Waals surface area contributed by atoms with E-state index in [-0.39, 0.29) is 10.8 Å². The van der Waals surface area contributed by atoms with Gasteiger partial charge in [0, 0.05) is 4.47 Å². The number of halogens is 2. The minimum atomic E-state index is -0.0289. The monoisotopic (exact) mass is 302 g/mol. The minimum Gasteiger partial charge on any atom is -0.506 e. The Labute approximate surface area is 108 Å². The molecule has 0 fully saturated rings. The lowest BCUT2D eigenvalue weighted by atomic mass is 10.2. The van der Waals surface area contributed by atoms with Crippen LogP contribution < -0.4 is 0 Å². The molecule has 0 saturated heterocycles. The number of phenolic OH excluding ortho intramolecular Hbond substituents is 1. The first-order valence-corrected chi connectivity index (χ1v) is 5.81. The van der Waals surface area contributed by atoms with Crippen LogP contribution >= 0.6 is 27.5 Å². The van der Waals surface area contributed by atoms with Gasteiger partial charge in [0.25, 0.3) is 0 Å². The van der Waals surface area contributed by atoms with Gasteiger partial charge in [-0.2, -0.15) is 0 Å². The van der Waals surface area contributed by atoms with Gasteiger partial charge in [-0.1, -0.05) is 34.1 Å². The van der Waals surface area contributed by atoms with Crippen molar-refractivity contribution in [3.05, 3.63) is 45.6 Å². The van der Waals surface area contributed by atoms with Gasteiger partial charge in [0.05, 0.1) is 16.3 Å². The van der Waals surface area contributed by atoms with Crippen LogP contribution in [0.3, 0.4) is 0 Å². The molecule has 0 aliphatic carbocycles. The Balaban J connectivity index is 3.09. The topological polar surface area (TPSA) is 29.5 Å². The van der Waals surface area contributed by atoms with Gasteiger partial charge >= 0.3 is 0 Å². The fourth-order valence-electron chi connectivity index (χ4n) is 1.09. The van der Waals surface area contributed by atoms with Crippen LogP contribution in [0.15, 0.2) is 35.0 Å². The number of aromatic hydroxyl groups is 1. The van der Waals surface area contributed by atoms with E-state index in [1.165, 1.54) is 0 Å². The fraction of sp³-hybridized carbons (Fsp3) is 0.167. The molecule has 0 amide bonds. The van der Waals surface area contributed by atoms with Gasteiger partial charge in [-0.05, 0) is 32.1 Å². The van der Waals surface area contributed by atoms with E-state index in [0.717, 1.165) is 4.47 Å². The molecule has 0 radical (unpaired) electrons. The van der Waals surface area contributed by atoms with Crippen LogP contribution in [0.1, 0.15) is 19.4 Å². The van der Waals surface area contributed by atoms with Crippen LogP contribution in [0.25, 0.3) is 5.76 Å². The maximum atomic E-state index is 9.76. The third-order valence-corrected chi connectivity index (χ3v) is 2.77. The number of allylic oxidation sites excluding steroid dienone is 2. The predicted octanol–water partition coefficient (Wildman–Crippen LogP) is 4.72. The van der Waals surface area contributed by atoms with E-state index in [2.05, 4.69) is 22.5 Å². The molecule has 1 aromatic carbocycles. The van der Waals surface area contributed by atoms with Gasteiger partial charge in [-0.3, -0.25) is 0 Å². The highest BCUT2D eigenvalue weighted by atomic mass is 79.9. The number of ether oxygens (including phenoxy) is 1. The second kappa shape index (κ2) is 5.41. The van der Waals surface area contributed by atoms with Gasteiger partial charge in [0.1, 0.15) is 11.5 Å². The molecule has 1 aromatic rings. The average Bonchev–Trinajstić information content (AvgIpc) is 2.22. The highest BCUT2D eigenvalue weighted by molar-refractivity contribution is 9.10. The lowest BCUT2D eigenvalue weighted by molar-refractivity contribution is 0.380. The summed E-state index contributed by atoms with van der Waals surface area (Å²) >= 11 is 9.13. The summed E-state index contributed by atoms with van der Waals surface area (Å²) in [5.41, 5.74) is 0.473. The SMILES string of the molecule is C=C(O/C(C)=C\C)c1cc(Br)cc(Cl)c1O. The second-order valence-electron chi connectivity index (χ2n) is 3.21. The third-order valence-electron chi connectivity index (χ3n) is 2.02. The smallest absolute Gasteiger partial charge is 0.145 e. The van der Waals surface area contributed by atoms with Gasteiger partial charge in [-0.25, -0.2) is 0 Å². The highest BCUT2D eigenvalue weighted by Gasteiger charge is 2.12. The normalized spacial score (nSPS) is 11.4. The summed E-state index contributed by atoms with van der Waals surface area (Å²) in [4.78, 5) is 0. The molecular weight excluding hydrogens is 291 g/mol. The number of hydrogen-bond acceptors (Lipinski definition) is 2. The minimum absolute atomic E-state index is 0.0289. The molecule has 1 rings (SSSR count). The van der Waals surface area contributed by atoms with Gasteiger partial charge < -0.3 is 9.84 Å². The molecule has 4 heteroatoms. The van der Waals surface area contributed by atoms with E-state index in [1.807, 2.05) is 19.9 Å². The van der Waals surface area contributed by atoms with Crippen molar-refractivity contribution in [1.29, 1.82) is 0 Å². The number of hydrogen-bond donors (Lipinski definition) is 1. The lowest BCUT2D eigenvalue weighted by Gasteiger charge is -2.11. The average molecular weight is 304 g/mol. The largest absolute Gasteiger partial charge is 0.506 e. The first kappa shape index (κ1) is 13.1. The summed E-state index contributed by atoms with van der Waals surface area (Å²) in [6.45, 7) is 7.42. The molecular formula is C12H12BrClO2. The van der Waals surface area contributed by atoms with Crippen molar-refractivity contribution < 1.29 is 9.84 Å². The molecule has 0 bridgehead atoms. The van der Waals surface area contributed by atoms with Crippen molar-refractivity contribution >= 4 is 33.3 Å². The van der Waals surface area contributed by atoms with Gasteiger partial charge in [0.15, 0.2) is 0 Å². The van der Waals surface area contributed by atoms with Crippen LogP contribution in [0.5, 0.6) is 5.75 Å². The van der Waals surface area contributed by atoms with E-state index in [0.29, 0.717) is 17.1 Å². The van der Waals surface area contributed by atoms with Crippen molar-refractivity contribution in [2.45, 2.75) is 13.8 Å². The van der Waals surface area contributed by atoms with E-state index < -0.39 is 0 Å². The molecule has 0 aliphatic heterocycles. The molecule has 0 saturated carbocycles. The Kier molecular flexibility index (Phi) is 4.44. The Morgan fingerprint density at radius 1 is 1.56 bits per heavy atom. The molecule has 16 heavy (non-hydrogen) atoms. The molecule has 0 unspecified atom stereocenters. The van der Waals surface area contributed by atoms with Gasteiger partial charge in [0.2, 0.25) is 0 Å². The molecule has 1 N–H and O–H groups in total. The third kappa shape index (κ3) is 3.03. The first-order valence-electron chi connectivity index (χ1n) is 4.63. The standard InChI is InChI=1S/C12H12BrClO2/c1-4-7(2)16-8(3)10-5-9(13)6-11(14)12(10)15/h4-6,15H,3H2,1-2H3/b7-4-. The van der Waals surface area contributed by atoms with Crippen LogP contribution in [-0.2, 0) is 4.74 Å². The zero-order chi connectivity index (χ0) is 12.3. The predicted molar refractivity (Wildman–Crippen MR) is 70.4 cm³/mol. The van der Waals surface area contributed by atoms with Gasteiger partial charge in [-0.15, -0.1) is 0 Å². The first-order chi connectivity index (χ1) is 7.45. The Morgan fingerprint density at radius 2 is 2.19 bits per heavy atom. The van der Waals surface area contributed by atoms with Crippen molar-refractivity contribution in [2.75, 3.05) is 0 Å². The van der Waals surface area contributed by atoms with E-state index in [9.17, 15) is 5.11 Å². The maximum Gasteiger partial charge on any atom is 0.145 e. The quantitative estimate of drug-likeness (QED) is 0.819. The molecule has 2 nitrogen and oxygen atoms in total. The number of phenols is 1. The summed E-state index contributed by atoms with van der Waals surface area (Å²) in [5, 5.41) is 10.0. The Morgan fingerprint density at radius 3 is 2.75 bits per heavy atom. The van der Waals surface area contributed by atoms with Crippen LogP contribution in [0.4, 0.5) is 0 Å². The lowest BCUT2D eigenvalue weighted by Crippen LogP contribution is -1.90. The molecule has 0 aromatic heterocycles. The fourth-order valence-corrected chi connectivity index (χ4v) is 1.90. The highest BCUT2D eigenvalue weighted by Crippen LogP contribution is 2.35. The zero-order valence-corrected chi connectivity index (χ0v) is 11.4. The van der Waals surface area contributed by atoms with Crippen molar-refractivity contribution in [3.63, 3.8) is 0 Å². The van der Waals surface area contributed by atoms with E-state index in [1.54, 1.807) is 12.1 Å². The van der Waals surface area contributed by atoms with Crippen molar-refractivity contribution in [2.24, 2.45) is 0 Å². The maximum absolute atomic E-state index is 9.76. The van der Waals surface area contributed by atoms with Crippen LogP contribution in [0, 0.1) is 0 Å². The van der Waals surface area contributed by atoms with Crippen LogP contribution in [-0.4, -0.2) is 5.11 Å². The molecule has 0 spiro atoms. The number of rotatable bonds is 3. The zero-order valence-electron chi connectivity index (χ0n) is 9.05. The summed E-state index contributed by atoms with van der Waals surface area (Å²) < 4.78 is 6.16. The molecule has 86 valence electrons. The summed E-state index contributed by atoms with van der Waals surface area (Å²) in [6, 6.07) is 3.31. The molecule has 0 heterocycles. The molecule has 0 atom stereocenters. The number of benzene rings is 1. The van der Waals surface area contributed by atoms with Crippen molar-refractivity contribution in [1.82, 2.24) is 0 Å². The summed E-state index contributed by atoms with van der Waals surface area (Å²) in [5.74, 6) is 1.04. The molecule has 0 aliphatic rings. The second-order valence-corrected chi connectivity index (χ2v) is 4.53. The Hall–Kier alpha value is -0.930.